The van der Waals surface area contributed by atoms with Crippen molar-refractivity contribution in [2.24, 2.45) is 16.3 Å². The molecule has 7 nitrogen and oxygen atoms in total. The van der Waals surface area contributed by atoms with Gasteiger partial charge >= 0.3 is 5.69 Å². The molecule has 0 aliphatic heterocycles. The van der Waals surface area contributed by atoms with Crippen LogP contribution < -0.4 is 5.32 Å². The number of halogens is 2. The summed E-state index contributed by atoms with van der Waals surface area (Å²) in [6.45, 7) is 6.69. The maximum Gasteiger partial charge on any atom is 0.312 e. The highest BCUT2D eigenvalue weighted by atomic mass is 79.9. The summed E-state index contributed by atoms with van der Waals surface area (Å²) in [6, 6.07) is 9.65. The van der Waals surface area contributed by atoms with Gasteiger partial charge in [0.1, 0.15) is 5.00 Å². The van der Waals surface area contributed by atoms with E-state index in [-0.39, 0.29) is 16.9 Å². The minimum atomic E-state index is -0.654. The molecule has 1 amide bonds. The summed E-state index contributed by atoms with van der Waals surface area (Å²) < 4.78 is 0.438. The van der Waals surface area contributed by atoms with Crippen molar-refractivity contribution < 1.29 is 14.8 Å². The van der Waals surface area contributed by atoms with E-state index in [0.717, 1.165) is 29.7 Å². The Labute approximate surface area is 226 Å². The van der Waals surface area contributed by atoms with Crippen molar-refractivity contribution in [2.75, 3.05) is 5.32 Å². The fourth-order valence-corrected chi connectivity index (χ4v) is 6.19. The van der Waals surface area contributed by atoms with Crippen LogP contribution in [0.3, 0.4) is 0 Å². The topological polar surface area (TPSA) is 105 Å². The number of nitro groups is 1. The number of fused-ring (bicyclic) bond motifs is 1. The molecule has 3 aromatic rings. The number of nitrogens with zero attached hydrogens (tertiary/aromatic N) is 2. The van der Waals surface area contributed by atoms with Crippen LogP contribution in [0.25, 0.3) is 0 Å². The number of aliphatic imine (C=N–C) groups is 1. The summed E-state index contributed by atoms with van der Waals surface area (Å²) in [5.41, 5.74) is 1.99. The maximum absolute atomic E-state index is 13.4. The Morgan fingerprint density at radius 1 is 1.31 bits per heavy atom. The lowest BCUT2D eigenvalue weighted by Crippen LogP contribution is -2.27. The summed E-state index contributed by atoms with van der Waals surface area (Å²) in [5.74, 6) is -0.279. The van der Waals surface area contributed by atoms with Gasteiger partial charge in [0.05, 0.1) is 10.5 Å². The highest BCUT2D eigenvalue weighted by Crippen LogP contribution is 2.45. The average molecular weight is 591 g/mol. The lowest BCUT2D eigenvalue weighted by Gasteiger charge is -2.33. The van der Waals surface area contributed by atoms with E-state index in [1.807, 2.05) is 0 Å². The van der Waals surface area contributed by atoms with Crippen LogP contribution >= 0.6 is 38.9 Å². The Morgan fingerprint density at radius 3 is 2.64 bits per heavy atom. The summed E-state index contributed by atoms with van der Waals surface area (Å²) in [4.78, 5) is 29.8. The van der Waals surface area contributed by atoms with E-state index < -0.39 is 16.4 Å². The van der Waals surface area contributed by atoms with Gasteiger partial charge in [0.25, 0.3) is 5.91 Å². The van der Waals surface area contributed by atoms with Gasteiger partial charge in [0.2, 0.25) is 5.75 Å². The number of carbonyl (C=O) groups is 1. The highest BCUT2D eigenvalue weighted by Gasteiger charge is 2.33. The first-order valence-corrected chi connectivity index (χ1v) is 13.3. The van der Waals surface area contributed by atoms with E-state index in [4.69, 9.17) is 11.6 Å². The molecule has 1 heterocycles. The molecule has 1 atom stereocenters. The van der Waals surface area contributed by atoms with Gasteiger partial charge in [-0.3, -0.25) is 14.9 Å². The molecule has 1 aliphatic rings. The first-order chi connectivity index (χ1) is 16.9. The van der Waals surface area contributed by atoms with Gasteiger partial charge in [-0.2, -0.15) is 0 Å². The molecule has 4 rings (SSSR count). The Morgan fingerprint density at radius 2 is 2.00 bits per heavy atom. The number of hydrogen-bond acceptors (Lipinski definition) is 6. The van der Waals surface area contributed by atoms with Gasteiger partial charge in [0.15, 0.2) is 0 Å². The smallest absolute Gasteiger partial charge is 0.312 e. The Hall–Kier alpha value is -2.75. The number of nitrogens with one attached hydrogen (secondary N) is 1. The number of rotatable bonds is 5. The quantitative estimate of drug-likeness (QED) is 0.179. The molecule has 36 heavy (non-hydrogen) atoms. The molecule has 188 valence electrons. The molecule has 0 spiro atoms. The third-order valence-corrected chi connectivity index (χ3v) is 8.27. The summed E-state index contributed by atoms with van der Waals surface area (Å²) in [6.07, 6.45) is 3.95. The first-order valence-electron chi connectivity index (χ1n) is 11.4. The van der Waals surface area contributed by atoms with Crippen LogP contribution in [-0.2, 0) is 12.8 Å². The number of anilines is 1. The third-order valence-electron chi connectivity index (χ3n) is 6.40. The van der Waals surface area contributed by atoms with Gasteiger partial charge in [-0.1, -0.05) is 48.3 Å². The predicted molar refractivity (Wildman–Crippen MR) is 148 cm³/mol. The number of carbonyl (C=O) groups excluding carboxylic acids is 1. The van der Waals surface area contributed by atoms with Gasteiger partial charge < -0.3 is 10.4 Å². The van der Waals surface area contributed by atoms with Crippen LogP contribution in [-0.4, -0.2) is 22.2 Å². The van der Waals surface area contributed by atoms with Gasteiger partial charge in [0, 0.05) is 37.9 Å². The number of hydrogen-bond donors (Lipinski definition) is 2. The number of thiophene rings is 1. The number of nitro benzene ring substituents is 1. The van der Waals surface area contributed by atoms with Gasteiger partial charge in [-0.15, -0.1) is 11.3 Å². The minimum absolute atomic E-state index is 0.137. The van der Waals surface area contributed by atoms with Crippen LogP contribution in [0.5, 0.6) is 5.75 Å². The molecule has 0 unspecified atom stereocenters. The van der Waals surface area contributed by atoms with E-state index in [0.29, 0.717) is 31.7 Å². The second-order valence-electron chi connectivity index (χ2n) is 9.83. The Balaban J connectivity index is 1.75. The summed E-state index contributed by atoms with van der Waals surface area (Å²) >= 11 is 10.7. The van der Waals surface area contributed by atoms with Crippen molar-refractivity contribution in [3.63, 3.8) is 0 Å². The molecule has 0 saturated carbocycles. The lowest BCUT2D eigenvalue weighted by atomic mass is 9.72. The number of benzene rings is 2. The van der Waals surface area contributed by atoms with E-state index in [2.05, 4.69) is 47.0 Å². The molecule has 10 heteroatoms. The maximum atomic E-state index is 13.4. The van der Waals surface area contributed by atoms with Crippen molar-refractivity contribution in [1.82, 2.24) is 0 Å². The predicted octanol–water partition coefficient (Wildman–Crippen LogP) is 7.93. The van der Waals surface area contributed by atoms with Crippen LogP contribution in [0.1, 0.15) is 53.6 Å². The molecular weight excluding hydrogens is 566 g/mol. The van der Waals surface area contributed by atoms with Crippen molar-refractivity contribution in [2.45, 2.75) is 40.0 Å². The SMILES string of the molecule is CC(C)(C)[C@H]1CCc2c(sc(N=Cc3cc(Br)cc([N+](=O)[O-])c3O)c2C(=O)Nc2ccc(Cl)cc2)C1. The van der Waals surface area contributed by atoms with E-state index >= 15 is 0 Å². The molecule has 1 aromatic heterocycles. The molecule has 0 saturated heterocycles. The largest absolute Gasteiger partial charge is 0.502 e. The molecule has 0 bridgehead atoms. The minimum Gasteiger partial charge on any atom is -0.502 e. The zero-order valence-electron chi connectivity index (χ0n) is 20.0. The molecule has 0 radical (unpaired) electrons. The van der Waals surface area contributed by atoms with Crippen LogP contribution in [0.2, 0.25) is 5.02 Å². The third kappa shape index (κ3) is 5.63. The second-order valence-corrected chi connectivity index (χ2v) is 12.3. The molecule has 2 N–H and O–H groups in total. The zero-order chi connectivity index (χ0) is 26.2. The molecular formula is C26H25BrClN3O4S. The fraction of sp³-hybridized carbons (Fsp3) is 0.308. The summed E-state index contributed by atoms with van der Waals surface area (Å²) in [7, 11) is 0. The summed E-state index contributed by atoms with van der Waals surface area (Å²) in [5, 5.41) is 25.7. The highest BCUT2D eigenvalue weighted by molar-refractivity contribution is 9.10. The van der Waals surface area contributed by atoms with Crippen molar-refractivity contribution in [1.29, 1.82) is 0 Å². The molecule has 0 fully saturated rings. The molecule has 1 aliphatic carbocycles. The van der Waals surface area contributed by atoms with Crippen LogP contribution in [0, 0.1) is 21.4 Å². The van der Waals surface area contributed by atoms with Crippen molar-refractivity contribution in [3.8, 4) is 5.75 Å². The molecule has 2 aromatic carbocycles. The van der Waals surface area contributed by atoms with Crippen molar-refractivity contribution in [3.05, 3.63) is 77.6 Å². The van der Waals surface area contributed by atoms with E-state index in [1.165, 1.54) is 23.6 Å². The number of aromatic hydroxyl groups is 1. The number of phenols is 1. The monoisotopic (exact) mass is 589 g/mol. The Bertz CT molecular complexity index is 1360. The lowest BCUT2D eigenvalue weighted by molar-refractivity contribution is -0.385. The zero-order valence-corrected chi connectivity index (χ0v) is 23.1. The fourth-order valence-electron chi connectivity index (χ4n) is 4.33. The number of amides is 1. The Kier molecular flexibility index (Phi) is 7.54. The number of phenolic OH excluding ortho intramolecular Hbond substituents is 1. The van der Waals surface area contributed by atoms with Crippen LogP contribution in [0.4, 0.5) is 16.4 Å². The first kappa shape index (κ1) is 26.3. The second kappa shape index (κ2) is 10.3. The van der Waals surface area contributed by atoms with Crippen molar-refractivity contribution >= 4 is 67.4 Å². The van der Waals surface area contributed by atoms with Gasteiger partial charge in [-0.05, 0) is 66.5 Å². The van der Waals surface area contributed by atoms with Crippen LogP contribution in [0.15, 0.2) is 45.9 Å². The van der Waals surface area contributed by atoms with E-state index in [1.54, 1.807) is 30.3 Å². The average Bonchev–Trinajstić information content (AvgIpc) is 3.18. The van der Waals surface area contributed by atoms with E-state index in [9.17, 15) is 20.0 Å². The standard InChI is InChI=1S/C26H25BrClN3O4S/c1-26(2,3)15-4-9-19-21(11-15)36-25(22(19)24(33)30-18-7-5-17(28)6-8-18)29-13-14-10-16(27)12-20(23(14)32)31(34)35/h5-8,10,12-13,15,32H,4,9,11H2,1-3H3,(H,30,33)/t15-/m0/s1. The normalized spacial score (nSPS) is 15.6. The van der Waals surface area contributed by atoms with Gasteiger partial charge in [-0.25, -0.2) is 4.99 Å².